The van der Waals surface area contributed by atoms with Gasteiger partial charge in [0.05, 0.1) is 12.6 Å². The Hall–Kier alpha value is -3.12. The molecule has 6 heteroatoms. The number of benzene rings is 2. The Balaban J connectivity index is 1.63. The van der Waals surface area contributed by atoms with Crippen LogP contribution in [-0.2, 0) is 29.0 Å². The van der Waals surface area contributed by atoms with Crippen LogP contribution in [0.25, 0.3) is 10.9 Å². The van der Waals surface area contributed by atoms with Crippen molar-refractivity contribution < 1.29 is 14.3 Å². The zero-order chi connectivity index (χ0) is 24.3. The van der Waals surface area contributed by atoms with E-state index in [4.69, 9.17) is 4.74 Å². The van der Waals surface area contributed by atoms with Gasteiger partial charge >= 0.3 is 0 Å². The molecule has 0 fully saturated rings. The number of carbonyl (C=O) groups is 2. The van der Waals surface area contributed by atoms with E-state index in [0.717, 1.165) is 29.3 Å². The van der Waals surface area contributed by atoms with E-state index >= 15 is 0 Å². The molecule has 2 heterocycles. The Labute approximate surface area is 201 Å². The Bertz CT molecular complexity index is 1170. The van der Waals surface area contributed by atoms with Crippen molar-refractivity contribution in [1.82, 2.24) is 14.8 Å². The highest BCUT2D eigenvalue weighted by atomic mass is 16.5. The molecule has 1 aliphatic rings. The third-order valence-corrected chi connectivity index (χ3v) is 6.66. The molecule has 0 spiro atoms. The predicted octanol–water partition coefficient (Wildman–Crippen LogP) is 4.55. The van der Waals surface area contributed by atoms with E-state index in [9.17, 15) is 9.59 Å². The minimum absolute atomic E-state index is 0.122. The van der Waals surface area contributed by atoms with Crippen LogP contribution in [0.3, 0.4) is 0 Å². The van der Waals surface area contributed by atoms with Gasteiger partial charge in [0.15, 0.2) is 0 Å². The monoisotopic (exact) mass is 461 g/mol. The maximum atomic E-state index is 13.8. The van der Waals surface area contributed by atoms with Gasteiger partial charge in [0.1, 0.15) is 11.2 Å². The highest BCUT2D eigenvalue weighted by molar-refractivity contribution is 6.03. The van der Waals surface area contributed by atoms with Crippen LogP contribution < -0.4 is 5.32 Å². The fourth-order valence-electron chi connectivity index (χ4n) is 4.60. The smallest absolute Gasteiger partial charge is 0.271 e. The van der Waals surface area contributed by atoms with Crippen LogP contribution in [0.5, 0.6) is 0 Å². The lowest BCUT2D eigenvalue weighted by Gasteiger charge is -2.44. The fourth-order valence-corrected chi connectivity index (χ4v) is 4.60. The topological polar surface area (TPSA) is 63.6 Å². The summed E-state index contributed by atoms with van der Waals surface area (Å²) < 4.78 is 7.59. The molecule has 1 aromatic heterocycles. The van der Waals surface area contributed by atoms with Gasteiger partial charge < -0.3 is 19.5 Å². The highest BCUT2D eigenvalue weighted by Gasteiger charge is 2.47. The second-order valence-electron chi connectivity index (χ2n) is 9.54. The molecule has 2 amide bonds. The molecule has 0 saturated carbocycles. The minimum atomic E-state index is -1.02. The number of para-hydroxylation sites is 1. The van der Waals surface area contributed by atoms with E-state index < -0.39 is 5.54 Å². The average Bonchev–Trinajstić information content (AvgIpc) is 3.20. The predicted molar refractivity (Wildman–Crippen MR) is 135 cm³/mol. The zero-order valence-corrected chi connectivity index (χ0v) is 20.6. The summed E-state index contributed by atoms with van der Waals surface area (Å²) in [6, 6.07) is 18.2. The van der Waals surface area contributed by atoms with Crippen LogP contribution in [-0.4, -0.2) is 46.1 Å². The summed E-state index contributed by atoms with van der Waals surface area (Å²) in [7, 11) is 0. The van der Waals surface area contributed by atoms with Gasteiger partial charge in [-0.2, -0.15) is 0 Å². The summed E-state index contributed by atoms with van der Waals surface area (Å²) in [5.41, 5.74) is 2.84. The van der Waals surface area contributed by atoms with Gasteiger partial charge in [-0.05, 0) is 56.9 Å². The van der Waals surface area contributed by atoms with Gasteiger partial charge in [-0.15, -0.1) is 0 Å². The molecule has 0 unspecified atom stereocenters. The molecule has 180 valence electrons. The first-order chi connectivity index (χ1) is 16.3. The summed E-state index contributed by atoms with van der Waals surface area (Å²) in [5, 5.41) is 4.07. The molecule has 0 aliphatic carbocycles. The first-order valence-corrected chi connectivity index (χ1v) is 12.2. The minimum Gasteiger partial charge on any atom is -0.379 e. The number of carbonyl (C=O) groups excluding carboxylic acids is 2. The molecule has 34 heavy (non-hydrogen) atoms. The first-order valence-electron chi connectivity index (χ1n) is 12.2. The van der Waals surface area contributed by atoms with Gasteiger partial charge in [0, 0.05) is 30.6 Å². The number of hydrogen-bond donors (Lipinski definition) is 1. The van der Waals surface area contributed by atoms with E-state index in [2.05, 4.69) is 36.5 Å². The first kappa shape index (κ1) is 24.0. The van der Waals surface area contributed by atoms with E-state index in [0.29, 0.717) is 31.9 Å². The van der Waals surface area contributed by atoms with Crippen molar-refractivity contribution in [3.05, 3.63) is 71.4 Å². The number of nitrogens with one attached hydrogen (secondary N) is 1. The number of rotatable bonds is 9. The molecule has 1 N–H and O–H groups in total. The number of nitrogens with zero attached hydrogens (tertiary/aromatic N) is 2. The Morgan fingerprint density at radius 1 is 1.12 bits per heavy atom. The van der Waals surface area contributed by atoms with E-state index in [-0.39, 0.29) is 17.9 Å². The van der Waals surface area contributed by atoms with Gasteiger partial charge in [-0.1, -0.05) is 49.4 Å². The van der Waals surface area contributed by atoms with Gasteiger partial charge in [0.2, 0.25) is 5.91 Å². The largest absolute Gasteiger partial charge is 0.379 e. The van der Waals surface area contributed by atoms with Gasteiger partial charge in [-0.3, -0.25) is 9.59 Å². The fraction of sp³-hybridized carbons (Fsp3) is 0.429. The molecule has 2 aromatic carbocycles. The van der Waals surface area contributed by atoms with Crippen molar-refractivity contribution in [2.75, 3.05) is 13.2 Å². The van der Waals surface area contributed by atoms with Crippen LogP contribution in [0.15, 0.2) is 54.6 Å². The lowest BCUT2D eigenvalue weighted by molar-refractivity contribution is -0.133. The van der Waals surface area contributed by atoms with Crippen LogP contribution in [0.1, 0.15) is 55.7 Å². The molecule has 0 radical (unpaired) electrons. The number of fused-ring (bicyclic) bond motifs is 3. The molecule has 1 atom stereocenters. The van der Waals surface area contributed by atoms with E-state index in [1.165, 1.54) is 5.56 Å². The van der Waals surface area contributed by atoms with Gasteiger partial charge in [-0.25, -0.2) is 0 Å². The number of aryl methyl sites for hydroxylation is 1. The number of aromatic nitrogens is 1. The van der Waals surface area contributed by atoms with Gasteiger partial charge in [0.25, 0.3) is 5.91 Å². The zero-order valence-electron chi connectivity index (χ0n) is 20.6. The summed E-state index contributed by atoms with van der Waals surface area (Å²) in [6.07, 6.45) is 1.85. The quantitative estimate of drug-likeness (QED) is 0.476. The van der Waals surface area contributed by atoms with E-state index in [1.807, 2.05) is 55.7 Å². The van der Waals surface area contributed by atoms with Crippen molar-refractivity contribution in [2.45, 2.75) is 65.3 Å². The summed E-state index contributed by atoms with van der Waals surface area (Å²) >= 11 is 0. The average molecular weight is 462 g/mol. The molecule has 0 bridgehead atoms. The normalized spacial score (nSPS) is 17.9. The number of hydrogen-bond acceptors (Lipinski definition) is 3. The SMILES string of the molecule is CCc1ccc(CN2C(=O)c3cc4ccccc4n3C[C@@]2(C)C(=O)NCCCOC(C)C)cc1. The summed E-state index contributed by atoms with van der Waals surface area (Å²) in [6.45, 7) is 9.88. The van der Waals surface area contributed by atoms with Crippen molar-refractivity contribution in [3.63, 3.8) is 0 Å². The van der Waals surface area contributed by atoms with Crippen molar-refractivity contribution in [1.29, 1.82) is 0 Å². The second kappa shape index (κ2) is 10.0. The molecular formula is C28H35N3O3. The standard InChI is InChI=1S/C28H35N3O3/c1-5-21-11-13-22(14-12-21)18-31-26(32)25-17-23-9-6-7-10-24(23)30(25)19-28(31,4)27(33)29-15-8-16-34-20(2)3/h6-7,9-14,17,20H,5,8,15-16,18-19H2,1-4H3,(H,29,33)/t28-/m0/s1. The maximum Gasteiger partial charge on any atom is 0.271 e. The third-order valence-electron chi connectivity index (χ3n) is 6.66. The van der Waals surface area contributed by atoms with Crippen LogP contribution in [0, 0.1) is 0 Å². The molecule has 3 aromatic rings. The summed E-state index contributed by atoms with van der Waals surface area (Å²) in [4.78, 5) is 29.1. The lowest BCUT2D eigenvalue weighted by atomic mass is 9.93. The summed E-state index contributed by atoms with van der Waals surface area (Å²) in [5.74, 6) is -0.262. The van der Waals surface area contributed by atoms with Crippen molar-refractivity contribution >= 4 is 22.7 Å². The molecular weight excluding hydrogens is 426 g/mol. The third kappa shape index (κ3) is 4.73. The lowest BCUT2D eigenvalue weighted by Crippen LogP contribution is -2.63. The van der Waals surface area contributed by atoms with Crippen molar-refractivity contribution in [3.8, 4) is 0 Å². The number of ether oxygens (including phenoxy) is 1. The molecule has 1 aliphatic heterocycles. The Morgan fingerprint density at radius 3 is 2.53 bits per heavy atom. The van der Waals surface area contributed by atoms with Crippen LogP contribution >= 0.6 is 0 Å². The highest BCUT2D eigenvalue weighted by Crippen LogP contribution is 2.33. The van der Waals surface area contributed by atoms with Crippen LogP contribution in [0.4, 0.5) is 0 Å². The van der Waals surface area contributed by atoms with Crippen LogP contribution in [0.2, 0.25) is 0 Å². The molecule has 4 rings (SSSR count). The molecule has 0 saturated heterocycles. The second-order valence-corrected chi connectivity index (χ2v) is 9.54. The van der Waals surface area contributed by atoms with E-state index in [1.54, 1.807) is 4.90 Å². The molecule has 6 nitrogen and oxygen atoms in total. The maximum absolute atomic E-state index is 13.8. The van der Waals surface area contributed by atoms with Crippen molar-refractivity contribution in [2.24, 2.45) is 0 Å². The Morgan fingerprint density at radius 2 is 1.82 bits per heavy atom. The Kier molecular flexibility index (Phi) is 7.08. The number of amides is 2.